The molecule has 1 saturated carbocycles. The topological polar surface area (TPSA) is 102 Å². The summed E-state index contributed by atoms with van der Waals surface area (Å²) < 4.78 is 43.0. The lowest BCUT2D eigenvalue weighted by Crippen LogP contribution is -2.61. The zero-order valence-electron chi connectivity index (χ0n) is 24.7. The molecule has 5 rings (SSSR count). The van der Waals surface area contributed by atoms with Gasteiger partial charge in [-0.25, -0.2) is 4.79 Å². The van der Waals surface area contributed by atoms with Crippen molar-refractivity contribution in [2.24, 2.45) is 11.8 Å². The Morgan fingerprint density at radius 2 is 1.40 bits per heavy atom. The number of hydrogen-bond donors (Lipinski definition) is 1. The van der Waals surface area contributed by atoms with E-state index in [1.54, 1.807) is 29.2 Å². The highest BCUT2D eigenvalue weighted by Crippen LogP contribution is 2.61. The SMILES string of the molecule is COc1ccccc1[C@@]1(O)[C@H](OS(C)(=O)=O)CC(c2ccccc2)(c2ccccc2)[C@@H]2CN(C(=O)OC(C)(C)C)C[C@@H]21. The number of para-hydroxylation sites is 1. The number of carbonyl (C=O) groups is 1. The molecule has 224 valence electrons. The van der Waals surface area contributed by atoms with Gasteiger partial charge in [-0.05, 0) is 50.3 Å². The Kier molecular flexibility index (Phi) is 7.89. The van der Waals surface area contributed by atoms with Crippen LogP contribution in [0.5, 0.6) is 5.75 Å². The average Bonchev–Trinajstić information content (AvgIpc) is 3.41. The Morgan fingerprint density at radius 1 is 0.881 bits per heavy atom. The van der Waals surface area contributed by atoms with Crippen molar-refractivity contribution < 1.29 is 32.0 Å². The number of ether oxygens (including phenoxy) is 2. The van der Waals surface area contributed by atoms with Crippen molar-refractivity contribution in [3.8, 4) is 5.75 Å². The minimum absolute atomic E-state index is 0.124. The third-order valence-corrected chi connectivity index (χ3v) is 9.16. The highest BCUT2D eigenvalue weighted by molar-refractivity contribution is 7.86. The molecule has 1 aliphatic heterocycles. The van der Waals surface area contributed by atoms with Crippen molar-refractivity contribution in [2.45, 2.75) is 49.9 Å². The van der Waals surface area contributed by atoms with Crippen molar-refractivity contribution >= 4 is 16.2 Å². The van der Waals surface area contributed by atoms with Crippen LogP contribution in [0.2, 0.25) is 0 Å². The fourth-order valence-corrected chi connectivity index (χ4v) is 7.67. The maximum absolute atomic E-state index is 13.5. The third kappa shape index (κ3) is 5.41. The Morgan fingerprint density at radius 3 is 1.93 bits per heavy atom. The molecule has 1 heterocycles. The second-order valence-corrected chi connectivity index (χ2v) is 13.9. The molecule has 42 heavy (non-hydrogen) atoms. The predicted octanol–water partition coefficient (Wildman–Crippen LogP) is 5.10. The van der Waals surface area contributed by atoms with Gasteiger partial charge >= 0.3 is 6.09 Å². The van der Waals surface area contributed by atoms with Gasteiger partial charge in [0.1, 0.15) is 23.1 Å². The van der Waals surface area contributed by atoms with Gasteiger partial charge < -0.3 is 19.5 Å². The highest BCUT2D eigenvalue weighted by Gasteiger charge is 2.66. The van der Waals surface area contributed by atoms with E-state index in [0.717, 1.165) is 17.4 Å². The molecule has 1 aliphatic carbocycles. The van der Waals surface area contributed by atoms with Crippen LogP contribution in [0.4, 0.5) is 4.79 Å². The predicted molar refractivity (Wildman–Crippen MR) is 160 cm³/mol. The molecule has 1 amide bonds. The van der Waals surface area contributed by atoms with E-state index in [1.165, 1.54) is 7.11 Å². The molecule has 9 heteroatoms. The van der Waals surface area contributed by atoms with Crippen LogP contribution in [-0.2, 0) is 30.1 Å². The van der Waals surface area contributed by atoms with E-state index in [1.807, 2.05) is 81.4 Å². The van der Waals surface area contributed by atoms with Crippen LogP contribution in [0.1, 0.15) is 43.9 Å². The first kappa shape index (κ1) is 30.1. The molecular weight excluding hydrogens is 554 g/mol. The first-order chi connectivity index (χ1) is 19.8. The lowest BCUT2D eigenvalue weighted by molar-refractivity contribution is -0.156. The number of fused-ring (bicyclic) bond motifs is 1. The highest BCUT2D eigenvalue weighted by atomic mass is 32.2. The minimum Gasteiger partial charge on any atom is -0.496 e. The lowest BCUT2D eigenvalue weighted by atomic mass is 9.51. The van der Waals surface area contributed by atoms with Crippen LogP contribution in [0.3, 0.4) is 0 Å². The number of benzene rings is 3. The number of rotatable bonds is 6. The maximum Gasteiger partial charge on any atom is 0.410 e. The van der Waals surface area contributed by atoms with E-state index in [-0.39, 0.29) is 25.4 Å². The van der Waals surface area contributed by atoms with E-state index in [0.29, 0.717) is 11.3 Å². The summed E-state index contributed by atoms with van der Waals surface area (Å²) in [5, 5.41) is 13.0. The number of nitrogens with zero attached hydrogens (tertiary/aromatic N) is 1. The van der Waals surface area contributed by atoms with Gasteiger partial charge in [0.25, 0.3) is 10.1 Å². The van der Waals surface area contributed by atoms with Crippen LogP contribution in [0.25, 0.3) is 0 Å². The van der Waals surface area contributed by atoms with Gasteiger partial charge in [0, 0.05) is 30.0 Å². The summed E-state index contributed by atoms with van der Waals surface area (Å²) in [6.07, 6.45) is -0.568. The maximum atomic E-state index is 13.5. The zero-order chi connectivity index (χ0) is 30.3. The van der Waals surface area contributed by atoms with Gasteiger partial charge in [0.05, 0.1) is 13.4 Å². The molecule has 4 atom stereocenters. The van der Waals surface area contributed by atoms with Gasteiger partial charge in [-0.2, -0.15) is 8.42 Å². The molecule has 2 fully saturated rings. The normalized spacial score (nSPS) is 25.5. The van der Waals surface area contributed by atoms with Crippen LogP contribution >= 0.6 is 0 Å². The van der Waals surface area contributed by atoms with Crippen molar-refractivity contribution in [1.29, 1.82) is 0 Å². The zero-order valence-corrected chi connectivity index (χ0v) is 25.5. The van der Waals surface area contributed by atoms with E-state index in [2.05, 4.69) is 0 Å². The number of likely N-dealkylation sites (tertiary alicyclic amines) is 1. The van der Waals surface area contributed by atoms with Crippen LogP contribution in [0, 0.1) is 11.8 Å². The molecule has 3 aromatic rings. The molecule has 2 aliphatic rings. The first-order valence-electron chi connectivity index (χ1n) is 14.1. The minimum atomic E-state index is -4.03. The second kappa shape index (κ2) is 11.0. The van der Waals surface area contributed by atoms with Crippen molar-refractivity contribution in [3.05, 3.63) is 102 Å². The van der Waals surface area contributed by atoms with Gasteiger partial charge in [-0.3, -0.25) is 4.18 Å². The van der Waals surface area contributed by atoms with Gasteiger partial charge in [0.15, 0.2) is 0 Å². The van der Waals surface area contributed by atoms with Crippen molar-refractivity contribution in [1.82, 2.24) is 4.90 Å². The first-order valence-corrected chi connectivity index (χ1v) is 15.9. The molecule has 1 N–H and O–H groups in total. The number of carbonyl (C=O) groups excluding carboxylic acids is 1. The standard InChI is InChI=1S/C33H39NO7S/c1-31(2,3)40-30(35)34-21-26-27(22-34)33(36,25-18-12-13-19-28(25)39-4)29(41-42(5,37)38)20-32(26,23-14-8-6-9-15-23)24-16-10-7-11-17-24/h6-19,26-27,29,36H,20-22H2,1-5H3/t26-,27+,29-,33+/m1/s1. The fraction of sp³-hybridized carbons (Fsp3) is 0.424. The summed E-state index contributed by atoms with van der Waals surface area (Å²) in [6.45, 7) is 5.85. The van der Waals surface area contributed by atoms with Crippen molar-refractivity contribution in [2.75, 3.05) is 26.5 Å². The van der Waals surface area contributed by atoms with E-state index in [4.69, 9.17) is 13.7 Å². The number of aliphatic hydroxyl groups is 1. The van der Waals surface area contributed by atoms with E-state index in [9.17, 15) is 18.3 Å². The number of hydrogen-bond acceptors (Lipinski definition) is 7. The molecule has 8 nitrogen and oxygen atoms in total. The van der Waals surface area contributed by atoms with Crippen LogP contribution in [-0.4, -0.2) is 62.7 Å². The lowest BCUT2D eigenvalue weighted by Gasteiger charge is -2.55. The molecule has 0 unspecified atom stereocenters. The fourth-order valence-electron chi connectivity index (χ4n) is 7.03. The molecule has 0 radical (unpaired) electrons. The monoisotopic (exact) mass is 593 g/mol. The Hall–Kier alpha value is -3.40. The Balaban J connectivity index is 1.79. The second-order valence-electron chi connectivity index (χ2n) is 12.3. The van der Waals surface area contributed by atoms with Crippen LogP contribution in [0.15, 0.2) is 84.9 Å². The van der Waals surface area contributed by atoms with Gasteiger partial charge in [-0.1, -0.05) is 78.9 Å². The summed E-state index contributed by atoms with van der Waals surface area (Å²) in [5.74, 6) is -0.588. The summed E-state index contributed by atoms with van der Waals surface area (Å²) in [7, 11) is -2.52. The van der Waals surface area contributed by atoms with E-state index < -0.39 is 44.9 Å². The number of amides is 1. The molecular formula is C33H39NO7S. The van der Waals surface area contributed by atoms with Crippen LogP contribution < -0.4 is 4.74 Å². The van der Waals surface area contributed by atoms with Gasteiger partial charge in [0.2, 0.25) is 0 Å². The quantitative estimate of drug-likeness (QED) is 0.397. The Bertz CT molecular complexity index is 1480. The third-order valence-electron chi connectivity index (χ3n) is 8.58. The van der Waals surface area contributed by atoms with Gasteiger partial charge in [-0.15, -0.1) is 0 Å². The molecule has 3 aromatic carbocycles. The summed E-state index contributed by atoms with van der Waals surface area (Å²) in [5.41, 5.74) is -1.06. The number of methoxy groups -OCH3 is 1. The largest absolute Gasteiger partial charge is 0.496 e. The molecule has 0 spiro atoms. The molecule has 0 bridgehead atoms. The molecule has 0 aromatic heterocycles. The van der Waals surface area contributed by atoms with E-state index >= 15 is 0 Å². The summed E-state index contributed by atoms with van der Waals surface area (Å²) in [4.78, 5) is 15.2. The summed E-state index contributed by atoms with van der Waals surface area (Å²) >= 11 is 0. The average molecular weight is 594 g/mol. The smallest absolute Gasteiger partial charge is 0.410 e. The van der Waals surface area contributed by atoms with Crippen molar-refractivity contribution in [3.63, 3.8) is 0 Å². The Labute approximate surface area is 248 Å². The summed E-state index contributed by atoms with van der Waals surface area (Å²) in [6, 6.07) is 26.8. The molecule has 1 saturated heterocycles.